The molecule has 1 atom stereocenters. The van der Waals surface area contributed by atoms with E-state index in [0.29, 0.717) is 5.91 Å². The fraction of sp³-hybridized carbons (Fsp3) is 0.381. The molecule has 24 heavy (non-hydrogen) atoms. The molecule has 0 bridgehead atoms. The highest BCUT2D eigenvalue weighted by Crippen LogP contribution is 2.59. The number of ether oxygens (including phenoxy) is 1. The lowest BCUT2D eigenvalue weighted by molar-refractivity contribution is -0.143. The summed E-state index contributed by atoms with van der Waals surface area (Å²) in [6.45, 7) is 0. The third-order valence-electron chi connectivity index (χ3n) is 5.64. The van der Waals surface area contributed by atoms with E-state index in [1.165, 1.54) is 12.0 Å². The molecule has 0 aromatic heterocycles. The number of rotatable bonds is 3. The van der Waals surface area contributed by atoms with Crippen molar-refractivity contribution in [2.24, 2.45) is 5.41 Å². The molecular weight excluding hydrogens is 298 g/mol. The molecule has 3 nitrogen and oxygen atoms in total. The van der Waals surface area contributed by atoms with Crippen molar-refractivity contribution in [1.29, 1.82) is 0 Å². The number of anilines is 1. The van der Waals surface area contributed by atoms with Crippen molar-refractivity contribution >= 4 is 11.6 Å². The van der Waals surface area contributed by atoms with Gasteiger partial charge in [0.1, 0.15) is 5.75 Å². The second-order valence-corrected chi connectivity index (χ2v) is 6.90. The summed E-state index contributed by atoms with van der Waals surface area (Å²) in [5.41, 5.74) is 2.00. The van der Waals surface area contributed by atoms with E-state index in [1.54, 1.807) is 7.11 Å². The van der Waals surface area contributed by atoms with Gasteiger partial charge in [-0.05, 0) is 42.7 Å². The molecule has 1 unspecified atom stereocenters. The van der Waals surface area contributed by atoms with E-state index in [-0.39, 0.29) is 11.5 Å². The van der Waals surface area contributed by atoms with Gasteiger partial charge in [-0.1, -0.05) is 49.6 Å². The smallest absolute Gasteiger partial charge is 0.236 e. The van der Waals surface area contributed by atoms with E-state index < -0.39 is 0 Å². The van der Waals surface area contributed by atoms with Crippen LogP contribution in [0.4, 0.5) is 5.69 Å². The summed E-state index contributed by atoms with van der Waals surface area (Å²) in [5, 5.41) is 0. The van der Waals surface area contributed by atoms with Crippen molar-refractivity contribution in [3.05, 3.63) is 60.2 Å². The minimum absolute atomic E-state index is 0.138. The third-order valence-corrected chi connectivity index (χ3v) is 5.64. The first-order chi connectivity index (χ1) is 11.8. The van der Waals surface area contributed by atoms with E-state index in [4.69, 9.17) is 4.74 Å². The van der Waals surface area contributed by atoms with Crippen LogP contribution < -0.4 is 9.64 Å². The summed E-state index contributed by atoms with van der Waals surface area (Å²) in [6.07, 6.45) is 5.56. The summed E-state index contributed by atoms with van der Waals surface area (Å²) < 4.78 is 5.29. The lowest BCUT2D eigenvalue weighted by Crippen LogP contribution is -2.64. The fourth-order valence-electron chi connectivity index (χ4n) is 4.43. The van der Waals surface area contributed by atoms with E-state index in [1.807, 2.05) is 47.4 Å². The Labute approximate surface area is 143 Å². The summed E-state index contributed by atoms with van der Waals surface area (Å²) in [7, 11) is 1.68. The van der Waals surface area contributed by atoms with Gasteiger partial charge in [0.2, 0.25) is 5.91 Å². The molecule has 4 rings (SSSR count). The highest BCUT2D eigenvalue weighted by molar-refractivity contribution is 6.06. The number of methoxy groups -OCH3 is 1. The number of benzene rings is 2. The zero-order valence-electron chi connectivity index (χ0n) is 14.1. The molecule has 1 saturated heterocycles. The Bertz CT molecular complexity index is 717. The van der Waals surface area contributed by atoms with Crippen LogP contribution in [0.1, 0.15) is 43.7 Å². The van der Waals surface area contributed by atoms with E-state index in [2.05, 4.69) is 12.1 Å². The average Bonchev–Trinajstić information content (AvgIpc) is 2.67. The molecule has 0 N–H and O–H groups in total. The largest absolute Gasteiger partial charge is 0.497 e. The summed E-state index contributed by atoms with van der Waals surface area (Å²) in [5.74, 6) is 1.16. The van der Waals surface area contributed by atoms with Crippen LogP contribution in [0.5, 0.6) is 5.75 Å². The molecule has 0 radical (unpaired) electrons. The highest BCUT2D eigenvalue weighted by Gasteiger charge is 2.61. The van der Waals surface area contributed by atoms with Gasteiger partial charge in [-0.25, -0.2) is 0 Å². The van der Waals surface area contributed by atoms with Crippen molar-refractivity contribution in [3.8, 4) is 5.75 Å². The molecule has 2 fully saturated rings. The Morgan fingerprint density at radius 3 is 2.25 bits per heavy atom. The highest BCUT2D eigenvalue weighted by atomic mass is 16.5. The SMILES string of the molecule is COc1ccc(C2N(c3ccccc3)C(=O)C23CCCCC3)cc1. The van der Waals surface area contributed by atoms with Crippen LogP contribution in [-0.2, 0) is 4.79 Å². The first-order valence-corrected chi connectivity index (χ1v) is 8.79. The van der Waals surface area contributed by atoms with Crippen molar-refractivity contribution < 1.29 is 9.53 Å². The molecule has 1 saturated carbocycles. The number of para-hydroxylation sites is 1. The second-order valence-electron chi connectivity index (χ2n) is 6.90. The number of carbonyl (C=O) groups excluding carboxylic acids is 1. The summed E-state index contributed by atoms with van der Waals surface area (Å²) in [6, 6.07) is 18.4. The molecule has 2 aromatic rings. The first-order valence-electron chi connectivity index (χ1n) is 8.79. The number of hydrogen-bond donors (Lipinski definition) is 0. The zero-order chi connectivity index (χ0) is 16.6. The van der Waals surface area contributed by atoms with Gasteiger partial charge < -0.3 is 9.64 Å². The Kier molecular flexibility index (Phi) is 3.79. The maximum Gasteiger partial charge on any atom is 0.236 e. The topological polar surface area (TPSA) is 29.5 Å². The molecule has 3 heteroatoms. The van der Waals surface area contributed by atoms with Gasteiger partial charge >= 0.3 is 0 Å². The maximum absolute atomic E-state index is 13.1. The van der Waals surface area contributed by atoms with Crippen molar-refractivity contribution in [2.75, 3.05) is 12.0 Å². The number of nitrogens with zero attached hydrogens (tertiary/aromatic N) is 1. The molecule has 1 heterocycles. The van der Waals surface area contributed by atoms with Crippen LogP contribution in [0.2, 0.25) is 0 Å². The summed E-state index contributed by atoms with van der Waals surface area (Å²) in [4.78, 5) is 15.1. The lowest BCUT2D eigenvalue weighted by Gasteiger charge is -2.58. The monoisotopic (exact) mass is 321 g/mol. The Morgan fingerprint density at radius 1 is 0.958 bits per heavy atom. The van der Waals surface area contributed by atoms with Gasteiger partial charge in [-0.3, -0.25) is 4.79 Å². The van der Waals surface area contributed by atoms with Crippen LogP contribution in [0.3, 0.4) is 0 Å². The van der Waals surface area contributed by atoms with Crippen LogP contribution in [0.15, 0.2) is 54.6 Å². The number of carbonyl (C=O) groups is 1. The Morgan fingerprint density at radius 2 is 1.62 bits per heavy atom. The zero-order valence-corrected chi connectivity index (χ0v) is 14.1. The van der Waals surface area contributed by atoms with Crippen LogP contribution in [0.25, 0.3) is 0 Å². The molecular formula is C21H23NO2. The number of β-lactam (4-membered cyclic amide) rings is 1. The van der Waals surface area contributed by atoms with Gasteiger partial charge in [0.05, 0.1) is 18.6 Å². The molecule has 124 valence electrons. The minimum atomic E-state index is -0.206. The molecule has 1 spiro atoms. The average molecular weight is 321 g/mol. The standard InChI is InChI=1S/C21H23NO2/c1-24-18-12-10-16(11-13-18)19-21(14-6-3-7-15-21)20(23)22(19)17-8-4-2-5-9-17/h2,4-5,8-13,19H,3,6-7,14-15H2,1H3. The minimum Gasteiger partial charge on any atom is -0.497 e. The van der Waals surface area contributed by atoms with Crippen LogP contribution in [0, 0.1) is 5.41 Å². The van der Waals surface area contributed by atoms with Crippen molar-refractivity contribution in [1.82, 2.24) is 0 Å². The van der Waals surface area contributed by atoms with Crippen molar-refractivity contribution in [3.63, 3.8) is 0 Å². The second kappa shape index (κ2) is 5.97. The number of hydrogen-bond acceptors (Lipinski definition) is 2. The Balaban J connectivity index is 1.75. The lowest BCUT2D eigenvalue weighted by atomic mass is 9.60. The van der Waals surface area contributed by atoms with Crippen LogP contribution >= 0.6 is 0 Å². The van der Waals surface area contributed by atoms with Gasteiger partial charge in [0, 0.05) is 5.69 Å². The first kappa shape index (κ1) is 15.3. The van der Waals surface area contributed by atoms with E-state index in [9.17, 15) is 4.79 Å². The summed E-state index contributed by atoms with van der Waals surface area (Å²) >= 11 is 0. The van der Waals surface area contributed by atoms with Crippen LogP contribution in [-0.4, -0.2) is 13.0 Å². The van der Waals surface area contributed by atoms with Gasteiger partial charge in [0.15, 0.2) is 0 Å². The molecule has 1 aliphatic heterocycles. The van der Waals surface area contributed by atoms with Gasteiger partial charge in [-0.15, -0.1) is 0 Å². The molecule has 1 amide bonds. The molecule has 1 aliphatic carbocycles. The van der Waals surface area contributed by atoms with Gasteiger partial charge in [-0.2, -0.15) is 0 Å². The van der Waals surface area contributed by atoms with E-state index >= 15 is 0 Å². The van der Waals surface area contributed by atoms with Crippen molar-refractivity contribution in [2.45, 2.75) is 38.1 Å². The molecule has 2 aliphatic rings. The maximum atomic E-state index is 13.1. The fourth-order valence-corrected chi connectivity index (χ4v) is 4.43. The predicted octanol–water partition coefficient (Wildman–Crippen LogP) is 4.73. The number of amides is 1. The third kappa shape index (κ3) is 2.22. The Hall–Kier alpha value is -2.29. The molecule has 2 aromatic carbocycles. The van der Waals surface area contributed by atoms with Gasteiger partial charge in [0.25, 0.3) is 0 Å². The predicted molar refractivity (Wildman–Crippen MR) is 95.2 cm³/mol. The quantitative estimate of drug-likeness (QED) is 0.765. The normalized spacial score (nSPS) is 22.3. The van der Waals surface area contributed by atoms with E-state index in [0.717, 1.165) is 37.1 Å².